The third-order valence-corrected chi connectivity index (χ3v) is 3.43. The molecule has 2 N–H and O–H groups in total. The van der Waals surface area contributed by atoms with Crippen LogP contribution in [-0.4, -0.2) is 34.6 Å². The topological polar surface area (TPSA) is 53.0 Å². The van der Waals surface area contributed by atoms with E-state index >= 15 is 0 Å². The van der Waals surface area contributed by atoms with Crippen molar-refractivity contribution in [2.45, 2.75) is 83.2 Å². The maximum Gasteiger partial charge on any atom is 0.144 e. The SMILES string of the molecule is CCCCCCC[C@H]1O[C@@H]1[C@H](O)C#CC#C[C@@H](O)CC. The molecule has 1 heterocycles. The van der Waals surface area contributed by atoms with Gasteiger partial charge in [-0.15, -0.1) is 0 Å². The number of ether oxygens (including phenoxy) is 1. The maximum atomic E-state index is 9.79. The molecule has 0 spiro atoms. The minimum atomic E-state index is -0.760. The minimum Gasteiger partial charge on any atom is -0.380 e. The molecule has 0 aromatic carbocycles. The van der Waals surface area contributed by atoms with Crippen molar-refractivity contribution in [3.63, 3.8) is 0 Å². The molecule has 0 saturated carbocycles. The van der Waals surface area contributed by atoms with Crippen molar-refractivity contribution >= 4 is 0 Å². The zero-order valence-electron chi connectivity index (χ0n) is 12.6. The van der Waals surface area contributed by atoms with Crippen LogP contribution in [0.1, 0.15) is 58.8 Å². The Bertz CT molecular complexity index is 383. The van der Waals surface area contributed by atoms with Gasteiger partial charge in [0.1, 0.15) is 18.3 Å². The van der Waals surface area contributed by atoms with Crippen LogP contribution in [0.5, 0.6) is 0 Å². The van der Waals surface area contributed by atoms with E-state index in [1.165, 1.54) is 25.7 Å². The summed E-state index contributed by atoms with van der Waals surface area (Å²) in [7, 11) is 0. The Labute approximate surface area is 122 Å². The fraction of sp³-hybridized carbons (Fsp3) is 0.765. The molecule has 0 aliphatic carbocycles. The highest BCUT2D eigenvalue weighted by atomic mass is 16.6. The van der Waals surface area contributed by atoms with Crippen molar-refractivity contribution in [3.05, 3.63) is 0 Å². The smallest absolute Gasteiger partial charge is 0.144 e. The van der Waals surface area contributed by atoms with Crippen molar-refractivity contribution in [2.75, 3.05) is 0 Å². The van der Waals surface area contributed by atoms with Crippen molar-refractivity contribution in [1.82, 2.24) is 0 Å². The summed E-state index contributed by atoms with van der Waals surface area (Å²) >= 11 is 0. The van der Waals surface area contributed by atoms with Gasteiger partial charge in [0.05, 0.1) is 6.10 Å². The quantitative estimate of drug-likeness (QED) is 0.407. The molecule has 112 valence electrons. The predicted molar refractivity (Wildman–Crippen MR) is 79.9 cm³/mol. The van der Waals surface area contributed by atoms with Gasteiger partial charge in [-0.05, 0) is 24.7 Å². The third-order valence-electron chi connectivity index (χ3n) is 3.43. The minimum absolute atomic E-state index is 0.147. The lowest BCUT2D eigenvalue weighted by molar-refractivity contribution is 0.185. The fourth-order valence-corrected chi connectivity index (χ4v) is 2.03. The Morgan fingerprint density at radius 2 is 1.70 bits per heavy atom. The summed E-state index contributed by atoms with van der Waals surface area (Å²) in [6.45, 7) is 4.06. The molecular weight excluding hydrogens is 252 g/mol. The van der Waals surface area contributed by atoms with Gasteiger partial charge in [-0.2, -0.15) is 0 Å². The monoisotopic (exact) mass is 278 g/mol. The molecule has 0 radical (unpaired) electrons. The molecule has 1 aliphatic rings. The molecule has 1 fully saturated rings. The van der Waals surface area contributed by atoms with Crippen LogP contribution in [0.4, 0.5) is 0 Å². The number of epoxide rings is 1. The number of unbranched alkanes of at least 4 members (excludes halogenated alkanes) is 4. The average Bonchev–Trinajstić information content (AvgIpc) is 3.22. The first-order valence-electron chi connectivity index (χ1n) is 7.71. The van der Waals surface area contributed by atoms with E-state index in [1.807, 2.05) is 6.92 Å². The van der Waals surface area contributed by atoms with Crippen LogP contribution in [0.25, 0.3) is 0 Å². The highest BCUT2D eigenvalue weighted by Crippen LogP contribution is 2.30. The molecular formula is C17H26O3. The normalized spacial score (nSPS) is 23.0. The first kappa shape index (κ1) is 17.1. The van der Waals surface area contributed by atoms with Gasteiger partial charge in [-0.3, -0.25) is 0 Å². The molecule has 4 atom stereocenters. The van der Waals surface area contributed by atoms with Gasteiger partial charge in [0, 0.05) is 0 Å². The van der Waals surface area contributed by atoms with Crippen LogP contribution >= 0.6 is 0 Å². The van der Waals surface area contributed by atoms with Crippen LogP contribution in [0.2, 0.25) is 0 Å². The van der Waals surface area contributed by atoms with Gasteiger partial charge in [-0.1, -0.05) is 57.8 Å². The molecule has 0 aromatic heterocycles. The molecule has 1 rings (SSSR count). The summed E-state index contributed by atoms with van der Waals surface area (Å²) in [5.74, 6) is 10.4. The van der Waals surface area contributed by atoms with Crippen LogP contribution in [0.3, 0.4) is 0 Å². The number of aliphatic hydroxyl groups excluding tert-OH is 2. The average molecular weight is 278 g/mol. The summed E-state index contributed by atoms with van der Waals surface area (Å²) in [6, 6.07) is 0. The molecule has 3 heteroatoms. The zero-order chi connectivity index (χ0) is 14.8. The number of rotatable bonds is 8. The second-order valence-corrected chi connectivity index (χ2v) is 5.25. The largest absolute Gasteiger partial charge is 0.380 e. The lowest BCUT2D eigenvalue weighted by atomic mass is 10.1. The van der Waals surface area contributed by atoms with Crippen molar-refractivity contribution < 1.29 is 14.9 Å². The number of hydrogen-bond acceptors (Lipinski definition) is 3. The Kier molecular flexibility index (Phi) is 8.38. The van der Waals surface area contributed by atoms with Gasteiger partial charge in [0.2, 0.25) is 0 Å². The summed E-state index contributed by atoms with van der Waals surface area (Å²) in [6.07, 6.45) is 6.45. The highest BCUT2D eigenvalue weighted by molar-refractivity contribution is 5.29. The molecule has 3 nitrogen and oxygen atoms in total. The van der Waals surface area contributed by atoms with Crippen molar-refractivity contribution in [2.24, 2.45) is 0 Å². The summed E-state index contributed by atoms with van der Waals surface area (Å²) in [5.41, 5.74) is 0. The fourth-order valence-electron chi connectivity index (χ4n) is 2.03. The molecule has 0 bridgehead atoms. The first-order valence-corrected chi connectivity index (χ1v) is 7.71. The Morgan fingerprint density at radius 1 is 1.00 bits per heavy atom. The van der Waals surface area contributed by atoms with Gasteiger partial charge < -0.3 is 14.9 Å². The Morgan fingerprint density at radius 3 is 2.40 bits per heavy atom. The van der Waals surface area contributed by atoms with E-state index in [4.69, 9.17) is 4.74 Å². The van der Waals surface area contributed by atoms with E-state index in [9.17, 15) is 10.2 Å². The second-order valence-electron chi connectivity index (χ2n) is 5.25. The Balaban J connectivity index is 2.15. The summed E-state index contributed by atoms with van der Waals surface area (Å²) in [5, 5.41) is 19.0. The molecule has 1 aliphatic heterocycles. The van der Waals surface area contributed by atoms with Crippen LogP contribution in [0.15, 0.2) is 0 Å². The van der Waals surface area contributed by atoms with Gasteiger partial charge in [-0.25, -0.2) is 0 Å². The number of aliphatic hydroxyl groups is 2. The van der Waals surface area contributed by atoms with Crippen LogP contribution < -0.4 is 0 Å². The summed E-state index contributed by atoms with van der Waals surface area (Å²) < 4.78 is 5.43. The van der Waals surface area contributed by atoms with E-state index in [-0.39, 0.29) is 12.2 Å². The third kappa shape index (κ3) is 6.96. The maximum absolute atomic E-state index is 9.79. The number of hydrogen-bond donors (Lipinski definition) is 2. The van der Waals surface area contributed by atoms with E-state index in [2.05, 4.69) is 30.6 Å². The highest BCUT2D eigenvalue weighted by Gasteiger charge is 2.42. The molecule has 0 amide bonds. The molecule has 1 saturated heterocycles. The lowest BCUT2D eigenvalue weighted by Crippen LogP contribution is -2.14. The van der Waals surface area contributed by atoms with E-state index < -0.39 is 12.2 Å². The second kappa shape index (κ2) is 9.83. The first-order chi connectivity index (χ1) is 9.69. The van der Waals surface area contributed by atoms with Crippen LogP contribution in [0, 0.1) is 23.7 Å². The van der Waals surface area contributed by atoms with Crippen molar-refractivity contribution in [1.29, 1.82) is 0 Å². The lowest BCUT2D eigenvalue weighted by Gasteiger charge is -1.98. The van der Waals surface area contributed by atoms with Crippen LogP contribution in [-0.2, 0) is 4.74 Å². The standard InChI is InChI=1S/C17H26O3/c1-3-5-6-7-8-13-16-17(20-16)15(19)12-10-9-11-14(18)4-2/h14-19H,3-8,13H2,1-2H3/t14-,15+,16+,17+/m0/s1. The van der Waals surface area contributed by atoms with E-state index in [0.717, 1.165) is 12.8 Å². The summed E-state index contributed by atoms with van der Waals surface area (Å²) in [4.78, 5) is 0. The van der Waals surface area contributed by atoms with Crippen molar-refractivity contribution in [3.8, 4) is 23.7 Å². The van der Waals surface area contributed by atoms with Gasteiger partial charge in [0.15, 0.2) is 0 Å². The van der Waals surface area contributed by atoms with Gasteiger partial charge in [0.25, 0.3) is 0 Å². The van der Waals surface area contributed by atoms with E-state index in [1.54, 1.807) is 0 Å². The molecule has 0 aromatic rings. The molecule has 0 unspecified atom stereocenters. The van der Waals surface area contributed by atoms with Gasteiger partial charge >= 0.3 is 0 Å². The van der Waals surface area contributed by atoms with E-state index in [0.29, 0.717) is 6.42 Å². The predicted octanol–water partition coefficient (Wildman–Crippen LogP) is 2.25. The molecule has 20 heavy (non-hydrogen) atoms. The zero-order valence-corrected chi connectivity index (χ0v) is 12.6. The Hall–Kier alpha value is -1.00.